The molecule has 6 nitrogen and oxygen atoms in total. The Kier molecular flexibility index (Phi) is 4.16. The average Bonchev–Trinajstić information content (AvgIpc) is 2.97. The first-order chi connectivity index (χ1) is 9.01. The van der Waals surface area contributed by atoms with Gasteiger partial charge in [-0.2, -0.15) is 0 Å². The third-order valence-electron chi connectivity index (χ3n) is 3.42. The number of hydrogen-bond acceptors (Lipinski definition) is 5. The predicted molar refractivity (Wildman–Crippen MR) is 72.1 cm³/mol. The van der Waals surface area contributed by atoms with Gasteiger partial charge in [0.05, 0.1) is 12.2 Å². The van der Waals surface area contributed by atoms with Gasteiger partial charge in [-0.05, 0) is 11.8 Å². The zero-order valence-corrected chi connectivity index (χ0v) is 11.9. The number of hydrazine groups is 1. The number of nitrogen functional groups attached to an aromatic ring is 1. The number of aromatic nitrogens is 1. The Bertz CT molecular complexity index is 486. The monoisotopic (exact) mass is 282 g/mol. The molecule has 1 atom stereocenters. The summed E-state index contributed by atoms with van der Waals surface area (Å²) in [6.45, 7) is 5.50. The molecule has 0 bridgehead atoms. The SMILES string of the molecule is CC(C)C1CC(=O)N(Cc2csc(C(=O)NN)n2)C1. The molecule has 0 spiro atoms. The van der Waals surface area contributed by atoms with Gasteiger partial charge in [0.2, 0.25) is 5.91 Å². The fourth-order valence-corrected chi connectivity index (χ4v) is 2.85. The van der Waals surface area contributed by atoms with Gasteiger partial charge < -0.3 is 4.90 Å². The summed E-state index contributed by atoms with van der Waals surface area (Å²) in [5.74, 6) is 5.73. The van der Waals surface area contributed by atoms with Gasteiger partial charge in [0, 0.05) is 18.3 Å². The molecular weight excluding hydrogens is 264 g/mol. The van der Waals surface area contributed by atoms with Crippen LogP contribution in [0.5, 0.6) is 0 Å². The molecule has 1 aliphatic rings. The van der Waals surface area contributed by atoms with Crippen LogP contribution in [0, 0.1) is 11.8 Å². The number of carbonyl (C=O) groups is 2. The Morgan fingerprint density at radius 2 is 2.42 bits per heavy atom. The fraction of sp³-hybridized carbons (Fsp3) is 0.583. The summed E-state index contributed by atoms with van der Waals surface area (Å²) in [6, 6.07) is 0. The van der Waals surface area contributed by atoms with E-state index in [9.17, 15) is 9.59 Å². The van der Waals surface area contributed by atoms with Gasteiger partial charge in [0.1, 0.15) is 0 Å². The molecule has 2 rings (SSSR count). The van der Waals surface area contributed by atoms with Gasteiger partial charge in [0.25, 0.3) is 5.91 Å². The Morgan fingerprint density at radius 1 is 1.68 bits per heavy atom. The van der Waals surface area contributed by atoms with Crippen LogP contribution >= 0.6 is 11.3 Å². The van der Waals surface area contributed by atoms with Gasteiger partial charge in [-0.15, -0.1) is 11.3 Å². The van der Waals surface area contributed by atoms with Crippen molar-refractivity contribution < 1.29 is 9.59 Å². The first-order valence-corrected chi connectivity index (χ1v) is 7.12. The van der Waals surface area contributed by atoms with Crippen LogP contribution in [0.15, 0.2) is 5.38 Å². The highest BCUT2D eigenvalue weighted by Gasteiger charge is 2.31. The number of hydrogen-bond donors (Lipinski definition) is 2. The highest BCUT2D eigenvalue weighted by molar-refractivity contribution is 7.11. The standard InChI is InChI=1S/C12H18N4O2S/c1-7(2)8-3-10(17)16(4-8)5-9-6-19-12(14-9)11(18)15-13/h6-8H,3-5,13H2,1-2H3,(H,15,18). The van der Waals surface area contributed by atoms with Crippen LogP contribution in [0.4, 0.5) is 0 Å². The summed E-state index contributed by atoms with van der Waals surface area (Å²) in [6.07, 6.45) is 0.609. The molecule has 0 aromatic carbocycles. The largest absolute Gasteiger partial charge is 0.336 e. The minimum Gasteiger partial charge on any atom is -0.336 e. The van der Waals surface area contributed by atoms with Gasteiger partial charge >= 0.3 is 0 Å². The van der Waals surface area contributed by atoms with Crippen LogP contribution in [-0.4, -0.2) is 28.2 Å². The van der Waals surface area contributed by atoms with E-state index in [2.05, 4.69) is 18.8 Å². The summed E-state index contributed by atoms with van der Waals surface area (Å²) in [7, 11) is 0. The number of nitrogens with one attached hydrogen (secondary N) is 1. The van der Waals surface area contributed by atoms with Crippen molar-refractivity contribution in [2.24, 2.45) is 17.7 Å². The fourth-order valence-electron chi connectivity index (χ4n) is 2.14. The average molecular weight is 282 g/mol. The van der Waals surface area contributed by atoms with Gasteiger partial charge in [-0.3, -0.25) is 15.0 Å². The van der Waals surface area contributed by atoms with E-state index in [4.69, 9.17) is 5.84 Å². The zero-order chi connectivity index (χ0) is 14.0. The van der Waals surface area contributed by atoms with E-state index in [1.54, 1.807) is 5.38 Å². The lowest BCUT2D eigenvalue weighted by Gasteiger charge is -2.16. The molecule has 104 valence electrons. The highest BCUT2D eigenvalue weighted by atomic mass is 32.1. The van der Waals surface area contributed by atoms with E-state index < -0.39 is 5.91 Å². The van der Waals surface area contributed by atoms with E-state index >= 15 is 0 Å². The van der Waals surface area contributed by atoms with Gasteiger partial charge in [-0.25, -0.2) is 10.8 Å². The molecule has 1 aliphatic heterocycles. The molecule has 2 amide bonds. The third kappa shape index (κ3) is 3.10. The van der Waals surface area contributed by atoms with Crippen molar-refractivity contribution in [3.05, 3.63) is 16.1 Å². The molecule has 0 radical (unpaired) electrons. The highest BCUT2D eigenvalue weighted by Crippen LogP contribution is 2.26. The van der Waals surface area contributed by atoms with Crippen LogP contribution in [0.25, 0.3) is 0 Å². The maximum Gasteiger partial charge on any atom is 0.294 e. The van der Waals surface area contributed by atoms with E-state index in [1.165, 1.54) is 11.3 Å². The molecule has 3 N–H and O–H groups in total. The number of nitrogens with zero attached hydrogens (tertiary/aromatic N) is 2. The summed E-state index contributed by atoms with van der Waals surface area (Å²) in [4.78, 5) is 29.2. The lowest BCUT2D eigenvalue weighted by atomic mass is 9.95. The van der Waals surface area contributed by atoms with Crippen LogP contribution in [0.2, 0.25) is 0 Å². The summed E-state index contributed by atoms with van der Waals surface area (Å²) >= 11 is 1.23. The number of thiazole rings is 1. The van der Waals surface area contributed by atoms with E-state index in [0.717, 1.165) is 12.2 Å². The molecule has 1 fully saturated rings. The van der Waals surface area contributed by atoms with Crippen LogP contribution in [-0.2, 0) is 11.3 Å². The second kappa shape index (κ2) is 5.66. The van der Waals surface area contributed by atoms with Crippen LogP contribution in [0.3, 0.4) is 0 Å². The summed E-state index contributed by atoms with van der Waals surface area (Å²) in [5, 5.41) is 2.12. The van der Waals surface area contributed by atoms with Crippen molar-refractivity contribution in [2.45, 2.75) is 26.8 Å². The van der Waals surface area contributed by atoms with Gasteiger partial charge in [0.15, 0.2) is 5.01 Å². The Labute approximate surface area is 116 Å². The van der Waals surface area contributed by atoms with Crippen molar-refractivity contribution in [1.82, 2.24) is 15.3 Å². The normalized spacial score (nSPS) is 19.3. The molecule has 19 heavy (non-hydrogen) atoms. The number of rotatable bonds is 4. The van der Waals surface area contributed by atoms with E-state index in [1.807, 2.05) is 10.3 Å². The number of carbonyl (C=O) groups excluding carboxylic acids is 2. The Balaban J connectivity index is 2.00. The van der Waals surface area contributed by atoms with E-state index in [-0.39, 0.29) is 5.91 Å². The lowest BCUT2D eigenvalue weighted by Crippen LogP contribution is -2.30. The minimum absolute atomic E-state index is 0.163. The Hall–Kier alpha value is -1.47. The molecule has 1 unspecified atom stereocenters. The quantitative estimate of drug-likeness (QED) is 0.484. The minimum atomic E-state index is -0.399. The van der Waals surface area contributed by atoms with E-state index in [0.29, 0.717) is 29.8 Å². The topological polar surface area (TPSA) is 88.3 Å². The first-order valence-electron chi connectivity index (χ1n) is 6.24. The molecule has 0 aliphatic carbocycles. The van der Waals surface area contributed by atoms with Crippen LogP contribution < -0.4 is 11.3 Å². The maximum absolute atomic E-state index is 11.9. The zero-order valence-electron chi connectivity index (χ0n) is 11.0. The van der Waals surface area contributed by atoms with Crippen molar-refractivity contribution in [3.63, 3.8) is 0 Å². The van der Waals surface area contributed by atoms with Crippen molar-refractivity contribution >= 4 is 23.2 Å². The third-order valence-corrected chi connectivity index (χ3v) is 4.31. The Morgan fingerprint density at radius 3 is 3.00 bits per heavy atom. The maximum atomic E-state index is 11.9. The van der Waals surface area contributed by atoms with Crippen molar-refractivity contribution in [2.75, 3.05) is 6.54 Å². The molecule has 7 heteroatoms. The van der Waals surface area contributed by atoms with Crippen LogP contribution in [0.1, 0.15) is 35.8 Å². The molecule has 2 heterocycles. The molecule has 1 aromatic heterocycles. The molecular formula is C12H18N4O2S. The number of likely N-dealkylation sites (tertiary alicyclic amines) is 1. The van der Waals surface area contributed by atoms with Gasteiger partial charge in [-0.1, -0.05) is 13.8 Å². The number of amides is 2. The van der Waals surface area contributed by atoms with Crippen molar-refractivity contribution in [3.8, 4) is 0 Å². The summed E-state index contributed by atoms with van der Waals surface area (Å²) in [5.41, 5.74) is 2.78. The second-order valence-electron chi connectivity index (χ2n) is 5.10. The lowest BCUT2D eigenvalue weighted by molar-refractivity contribution is -0.128. The summed E-state index contributed by atoms with van der Waals surface area (Å²) < 4.78 is 0. The molecule has 1 saturated heterocycles. The predicted octanol–water partition coefficient (Wildman–Crippen LogP) is 0.751. The molecule has 1 aromatic rings. The first kappa shape index (κ1) is 14.0. The molecule has 0 saturated carbocycles. The smallest absolute Gasteiger partial charge is 0.294 e. The second-order valence-corrected chi connectivity index (χ2v) is 5.96. The number of nitrogens with two attached hydrogens (primary N) is 1. The van der Waals surface area contributed by atoms with Crippen molar-refractivity contribution in [1.29, 1.82) is 0 Å².